The van der Waals surface area contributed by atoms with Crippen LogP contribution in [0.15, 0.2) is 63.2 Å². The third-order valence-corrected chi connectivity index (χ3v) is 7.22. The molecular formula is C18H16ClNO12S3. The number of carboxylic acids is 1. The summed E-state index contributed by atoms with van der Waals surface area (Å²) in [6.45, 7) is 0. The van der Waals surface area contributed by atoms with Gasteiger partial charge in [-0.15, -0.1) is 0 Å². The molecular weight excluding hydrogens is 554 g/mol. The van der Waals surface area contributed by atoms with Crippen LogP contribution in [-0.4, -0.2) is 55.1 Å². The van der Waals surface area contributed by atoms with Crippen LogP contribution >= 0.6 is 11.6 Å². The zero-order chi connectivity index (χ0) is 26.9. The predicted octanol–water partition coefficient (Wildman–Crippen LogP) is 1.62. The van der Waals surface area contributed by atoms with Crippen molar-refractivity contribution in [1.29, 1.82) is 0 Å². The normalized spacial score (nSPS) is 13.1. The number of aliphatic hydroxyl groups is 1. The van der Waals surface area contributed by atoms with Crippen molar-refractivity contribution in [2.45, 2.75) is 20.8 Å². The molecule has 0 aliphatic rings. The van der Waals surface area contributed by atoms with Crippen LogP contribution < -0.4 is 5.73 Å². The van der Waals surface area contributed by atoms with Crippen LogP contribution in [0.5, 0.6) is 0 Å². The maximum absolute atomic E-state index is 11.4. The Hall–Kier alpha value is -2.83. The third-order valence-electron chi connectivity index (χ3n) is 4.28. The summed E-state index contributed by atoms with van der Waals surface area (Å²) in [5, 5.41) is 16.9. The van der Waals surface area contributed by atoms with Gasteiger partial charge in [0.2, 0.25) is 0 Å². The molecule has 35 heavy (non-hydrogen) atoms. The number of halogens is 1. The van der Waals surface area contributed by atoms with E-state index in [-0.39, 0.29) is 5.56 Å². The number of benzene rings is 3. The SMILES string of the molecule is Nc1ccc2c(S(=O)(=O)O)cc(S(=O)(=O)O)cc2c1S(=O)(=O)O.O=C(O)[C@@H](O)c1cccc(Cl)c1. The lowest BCUT2D eigenvalue weighted by molar-refractivity contribution is -0.146. The van der Waals surface area contributed by atoms with Gasteiger partial charge in [-0.2, -0.15) is 25.3 Å². The van der Waals surface area contributed by atoms with Crippen LogP contribution in [0.2, 0.25) is 5.02 Å². The Morgan fingerprint density at radius 3 is 1.89 bits per heavy atom. The minimum atomic E-state index is -4.98. The Labute approximate surface area is 203 Å². The van der Waals surface area contributed by atoms with Crippen molar-refractivity contribution in [2.24, 2.45) is 0 Å². The quantitative estimate of drug-likeness (QED) is 0.189. The van der Waals surface area contributed by atoms with Crippen LogP contribution in [0.3, 0.4) is 0 Å². The second-order valence-corrected chi connectivity index (χ2v) is 11.3. The molecule has 3 rings (SSSR count). The highest BCUT2D eigenvalue weighted by Gasteiger charge is 2.26. The van der Waals surface area contributed by atoms with Gasteiger partial charge < -0.3 is 15.9 Å². The topological polar surface area (TPSA) is 247 Å². The van der Waals surface area contributed by atoms with Crippen molar-refractivity contribution in [3.8, 4) is 0 Å². The maximum Gasteiger partial charge on any atom is 0.337 e. The van der Waals surface area contributed by atoms with E-state index in [1.54, 1.807) is 12.1 Å². The number of anilines is 1. The van der Waals surface area contributed by atoms with Gasteiger partial charge in [-0.3, -0.25) is 13.7 Å². The molecule has 0 heterocycles. The molecule has 17 heteroatoms. The lowest BCUT2D eigenvalue weighted by atomic mass is 10.1. The highest BCUT2D eigenvalue weighted by atomic mass is 35.5. The average Bonchev–Trinajstić information content (AvgIpc) is 2.70. The number of aliphatic hydroxyl groups excluding tert-OH is 1. The molecule has 3 aromatic rings. The highest BCUT2D eigenvalue weighted by molar-refractivity contribution is 7.87. The standard InChI is InChI=1S/C10H9NO9S3.C8H7ClO3/c11-8-2-1-6-7(10(8)23(18,19)20)3-5(21(12,13)14)4-9(6)22(15,16)17;9-6-3-1-2-5(4-6)7(10)8(11)12/h1-4H,11H2,(H,12,13,14)(H,15,16,17)(H,18,19,20);1-4,7,10H,(H,11,12)/t;7-/m.0/s1. The summed E-state index contributed by atoms with van der Waals surface area (Å²) in [6, 6.07) is 9.13. The minimum absolute atomic E-state index is 0.287. The Morgan fingerprint density at radius 2 is 1.43 bits per heavy atom. The van der Waals surface area contributed by atoms with Crippen LogP contribution in [0, 0.1) is 0 Å². The molecule has 0 amide bonds. The number of nitrogen functional groups attached to an aromatic ring is 1. The fraction of sp³-hybridized carbons (Fsp3) is 0.0556. The molecule has 7 N–H and O–H groups in total. The number of nitrogens with two attached hydrogens (primary N) is 1. The van der Waals surface area contributed by atoms with E-state index in [9.17, 15) is 39.2 Å². The lowest BCUT2D eigenvalue weighted by Gasteiger charge is -2.11. The molecule has 13 nitrogen and oxygen atoms in total. The van der Waals surface area contributed by atoms with Gasteiger partial charge in [0.25, 0.3) is 30.4 Å². The molecule has 0 bridgehead atoms. The molecule has 3 aromatic carbocycles. The number of fused-ring (bicyclic) bond motifs is 1. The molecule has 0 saturated heterocycles. The Kier molecular flexibility index (Phi) is 8.15. The smallest absolute Gasteiger partial charge is 0.337 e. The first-order valence-electron chi connectivity index (χ1n) is 8.79. The molecule has 0 aromatic heterocycles. The zero-order valence-corrected chi connectivity index (χ0v) is 20.2. The van der Waals surface area contributed by atoms with Gasteiger partial charge >= 0.3 is 5.97 Å². The lowest BCUT2D eigenvalue weighted by Crippen LogP contribution is -2.09. The van der Waals surface area contributed by atoms with E-state index in [0.29, 0.717) is 17.2 Å². The zero-order valence-electron chi connectivity index (χ0n) is 17.0. The first-order chi connectivity index (χ1) is 15.8. The number of rotatable bonds is 5. The molecule has 0 unspecified atom stereocenters. The van der Waals surface area contributed by atoms with Gasteiger partial charge in [-0.25, -0.2) is 4.79 Å². The Bertz CT molecular complexity index is 1630. The van der Waals surface area contributed by atoms with Crippen molar-refractivity contribution in [1.82, 2.24) is 0 Å². The molecule has 0 aliphatic heterocycles. The number of carbonyl (C=O) groups is 1. The molecule has 1 atom stereocenters. The van der Waals surface area contributed by atoms with Crippen molar-refractivity contribution < 1.29 is 53.9 Å². The number of hydrogen-bond acceptors (Lipinski definition) is 9. The number of hydrogen-bond donors (Lipinski definition) is 6. The van der Waals surface area contributed by atoms with Crippen molar-refractivity contribution in [2.75, 3.05) is 5.73 Å². The summed E-state index contributed by atoms with van der Waals surface area (Å²) in [7, 11) is -14.9. The summed E-state index contributed by atoms with van der Waals surface area (Å²) in [6.07, 6.45) is -1.50. The van der Waals surface area contributed by atoms with E-state index in [4.69, 9.17) is 32.1 Å². The van der Waals surface area contributed by atoms with Gasteiger partial charge in [-0.1, -0.05) is 29.8 Å². The second kappa shape index (κ2) is 10.0. The number of carboxylic acid groups (broad SMARTS) is 1. The molecule has 0 fully saturated rings. The predicted molar refractivity (Wildman–Crippen MR) is 122 cm³/mol. The van der Waals surface area contributed by atoms with E-state index >= 15 is 0 Å². The highest BCUT2D eigenvalue weighted by Crippen LogP contribution is 2.34. The van der Waals surface area contributed by atoms with E-state index in [1.807, 2.05) is 0 Å². The van der Waals surface area contributed by atoms with E-state index in [0.717, 1.165) is 12.1 Å². The van der Waals surface area contributed by atoms with Crippen LogP contribution in [0.1, 0.15) is 11.7 Å². The summed E-state index contributed by atoms with van der Waals surface area (Å²) >= 11 is 5.59. The third kappa shape index (κ3) is 6.86. The Balaban J connectivity index is 0.000000303. The first-order valence-corrected chi connectivity index (χ1v) is 13.5. The monoisotopic (exact) mass is 569 g/mol. The average molecular weight is 570 g/mol. The van der Waals surface area contributed by atoms with Crippen LogP contribution in [-0.2, 0) is 35.1 Å². The first kappa shape index (κ1) is 28.4. The van der Waals surface area contributed by atoms with Crippen LogP contribution in [0.4, 0.5) is 5.69 Å². The molecule has 190 valence electrons. The van der Waals surface area contributed by atoms with Crippen molar-refractivity contribution in [3.05, 3.63) is 59.1 Å². The fourth-order valence-electron chi connectivity index (χ4n) is 2.83. The summed E-state index contributed by atoms with van der Waals surface area (Å²) in [5.41, 5.74) is 5.22. The van der Waals surface area contributed by atoms with Gasteiger partial charge in [0.05, 0.1) is 10.6 Å². The van der Waals surface area contributed by atoms with E-state index in [2.05, 4.69) is 0 Å². The summed E-state index contributed by atoms with van der Waals surface area (Å²) in [5.74, 6) is -1.28. The molecule has 0 radical (unpaired) electrons. The molecule has 0 aliphatic carbocycles. The fourth-order valence-corrected chi connectivity index (χ4v) is 5.19. The molecule has 0 saturated carbocycles. The van der Waals surface area contributed by atoms with Gasteiger partial charge in [0.15, 0.2) is 6.10 Å². The summed E-state index contributed by atoms with van der Waals surface area (Å²) in [4.78, 5) is 7.38. The van der Waals surface area contributed by atoms with E-state index < -0.39 is 73.6 Å². The van der Waals surface area contributed by atoms with Gasteiger partial charge in [0, 0.05) is 15.8 Å². The number of aliphatic carboxylic acids is 1. The van der Waals surface area contributed by atoms with Gasteiger partial charge in [-0.05, 0) is 35.9 Å². The maximum atomic E-state index is 11.4. The summed E-state index contributed by atoms with van der Waals surface area (Å²) < 4.78 is 95.6. The largest absolute Gasteiger partial charge is 0.479 e. The van der Waals surface area contributed by atoms with E-state index in [1.165, 1.54) is 12.1 Å². The minimum Gasteiger partial charge on any atom is -0.479 e. The molecule has 0 spiro atoms. The van der Waals surface area contributed by atoms with Crippen molar-refractivity contribution in [3.63, 3.8) is 0 Å². The van der Waals surface area contributed by atoms with Gasteiger partial charge in [0.1, 0.15) is 9.79 Å². The Morgan fingerprint density at radius 1 is 0.829 bits per heavy atom. The second-order valence-electron chi connectivity index (χ2n) is 6.72. The van der Waals surface area contributed by atoms with Crippen molar-refractivity contribution >= 4 is 64.4 Å². The van der Waals surface area contributed by atoms with Crippen LogP contribution in [0.25, 0.3) is 10.8 Å².